The Balaban J connectivity index is 2.13. The van der Waals surface area contributed by atoms with Gasteiger partial charge in [0.25, 0.3) is 5.91 Å². The second-order valence-corrected chi connectivity index (χ2v) is 5.25. The van der Waals surface area contributed by atoms with E-state index < -0.39 is 5.91 Å². The SMILES string of the molecule is COc1ccc(C(=O)N/N=C/c2cc(Cl)cc(Cl)c2O)c(O)c1. The molecule has 0 fully saturated rings. The molecular weight excluding hydrogens is 343 g/mol. The number of halogens is 2. The van der Waals surface area contributed by atoms with Gasteiger partial charge in [-0.05, 0) is 24.3 Å². The van der Waals surface area contributed by atoms with Crippen LogP contribution in [0.4, 0.5) is 0 Å². The van der Waals surface area contributed by atoms with Crippen LogP contribution in [0, 0.1) is 0 Å². The van der Waals surface area contributed by atoms with Crippen LogP contribution in [0.2, 0.25) is 10.0 Å². The Kier molecular flexibility index (Phi) is 5.31. The molecule has 2 aromatic rings. The first-order valence-electron chi connectivity index (χ1n) is 6.30. The number of rotatable bonds is 4. The fraction of sp³-hybridized carbons (Fsp3) is 0.0667. The number of amides is 1. The standard InChI is InChI=1S/C15H12Cl2N2O4/c1-23-10-2-3-11(13(20)6-10)15(22)19-18-7-8-4-9(16)5-12(17)14(8)21/h2-7,20-21H,1H3,(H,19,22)/b18-7+. The number of methoxy groups -OCH3 is 1. The van der Waals surface area contributed by atoms with E-state index in [1.54, 1.807) is 0 Å². The van der Waals surface area contributed by atoms with Crippen molar-refractivity contribution in [3.8, 4) is 17.2 Å². The maximum absolute atomic E-state index is 11.9. The molecule has 120 valence electrons. The molecule has 0 saturated heterocycles. The maximum Gasteiger partial charge on any atom is 0.275 e. The number of phenols is 2. The quantitative estimate of drug-likeness (QED) is 0.580. The van der Waals surface area contributed by atoms with Crippen LogP contribution in [0.15, 0.2) is 35.4 Å². The molecule has 0 saturated carbocycles. The summed E-state index contributed by atoms with van der Waals surface area (Å²) in [5.74, 6) is -0.665. The van der Waals surface area contributed by atoms with Crippen molar-refractivity contribution in [2.75, 3.05) is 7.11 Å². The highest BCUT2D eigenvalue weighted by atomic mass is 35.5. The smallest absolute Gasteiger partial charge is 0.275 e. The van der Waals surface area contributed by atoms with Crippen molar-refractivity contribution < 1.29 is 19.7 Å². The summed E-state index contributed by atoms with van der Waals surface area (Å²) in [5, 5.41) is 23.6. The molecule has 3 N–H and O–H groups in total. The number of carbonyl (C=O) groups is 1. The molecule has 0 aliphatic rings. The van der Waals surface area contributed by atoms with Gasteiger partial charge in [0.15, 0.2) is 0 Å². The highest BCUT2D eigenvalue weighted by Crippen LogP contribution is 2.30. The van der Waals surface area contributed by atoms with E-state index in [1.807, 2.05) is 0 Å². The van der Waals surface area contributed by atoms with Gasteiger partial charge in [0.2, 0.25) is 0 Å². The number of hydrazone groups is 1. The Bertz CT molecular complexity index is 778. The summed E-state index contributed by atoms with van der Waals surface area (Å²) in [6, 6.07) is 7.04. The summed E-state index contributed by atoms with van der Waals surface area (Å²) >= 11 is 11.6. The summed E-state index contributed by atoms with van der Waals surface area (Å²) in [6.07, 6.45) is 1.19. The van der Waals surface area contributed by atoms with E-state index in [-0.39, 0.29) is 27.6 Å². The van der Waals surface area contributed by atoms with Crippen LogP contribution in [-0.4, -0.2) is 29.4 Å². The zero-order valence-electron chi connectivity index (χ0n) is 11.9. The lowest BCUT2D eigenvalue weighted by atomic mass is 10.2. The lowest BCUT2D eigenvalue weighted by molar-refractivity contribution is 0.0952. The molecule has 0 aliphatic carbocycles. The highest BCUT2D eigenvalue weighted by Gasteiger charge is 2.11. The summed E-state index contributed by atoms with van der Waals surface area (Å²) in [4.78, 5) is 11.9. The number of carbonyl (C=O) groups excluding carboxylic acids is 1. The van der Waals surface area contributed by atoms with Crippen molar-refractivity contribution in [1.82, 2.24) is 5.43 Å². The third kappa shape index (κ3) is 4.06. The number of benzene rings is 2. The van der Waals surface area contributed by atoms with Gasteiger partial charge in [-0.15, -0.1) is 0 Å². The predicted molar refractivity (Wildman–Crippen MR) is 87.8 cm³/mol. The van der Waals surface area contributed by atoms with Crippen molar-refractivity contribution in [3.63, 3.8) is 0 Å². The lowest BCUT2D eigenvalue weighted by Gasteiger charge is -2.05. The van der Waals surface area contributed by atoms with Gasteiger partial charge in [-0.3, -0.25) is 4.79 Å². The predicted octanol–water partition coefficient (Wildman–Crippen LogP) is 3.18. The molecule has 0 spiro atoms. The number of nitrogens with one attached hydrogen (secondary N) is 1. The second kappa shape index (κ2) is 7.21. The van der Waals surface area contributed by atoms with Crippen LogP contribution in [-0.2, 0) is 0 Å². The van der Waals surface area contributed by atoms with Crippen LogP contribution >= 0.6 is 23.2 Å². The van der Waals surface area contributed by atoms with Crippen molar-refractivity contribution in [2.24, 2.45) is 5.10 Å². The van der Waals surface area contributed by atoms with Gasteiger partial charge in [-0.25, -0.2) is 5.43 Å². The van der Waals surface area contributed by atoms with Crippen LogP contribution in [0.5, 0.6) is 17.2 Å². The van der Waals surface area contributed by atoms with E-state index in [2.05, 4.69) is 10.5 Å². The van der Waals surface area contributed by atoms with Crippen molar-refractivity contribution in [3.05, 3.63) is 51.5 Å². The molecule has 0 heterocycles. The van der Waals surface area contributed by atoms with Gasteiger partial charge in [0.1, 0.15) is 17.2 Å². The molecule has 2 aromatic carbocycles. The molecule has 0 radical (unpaired) electrons. The number of ether oxygens (including phenoxy) is 1. The van der Waals surface area contributed by atoms with Gasteiger partial charge < -0.3 is 14.9 Å². The molecule has 0 atom stereocenters. The molecule has 0 aromatic heterocycles. The van der Waals surface area contributed by atoms with E-state index in [0.29, 0.717) is 10.8 Å². The largest absolute Gasteiger partial charge is 0.507 e. The lowest BCUT2D eigenvalue weighted by Crippen LogP contribution is -2.17. The third-order valence-electron chi connectivity index (χ3n) is 2.88. The van der Waals surface area contributed by atoms with Gasteiger partial charge in [-0.1, -0.05) is 23.2 Å². The molecule has 23 heavy (non-hydrogen) atoms. The molecule has 0 aliphatic heterocycles. The Morgan fingerprint density at radius 1 is 1.26 bits per heavy atom. The summed E-state index contributed by atoms with van der Waals surface area (Å²) < 4.78 is 4.93. The summed E-state index contributed by atoms with van der Waals surface area (Å²) in [6.45, 7) is 0. The van der Waals surface area contributed by atoms with E-state index in [9.17, 15) is 15.0 Å². The zero-order valence-corrected chi connectivity index (χ0v) is 13.4. The third-order valence-corrected chi connectivity index (χ3v) is 3.38. The second-order valence-electron chi connectivity index (χ2n) is 4.41. The Morgan fingerprint density at radius 3 is 2.65 bits per heavy atom. The van der Waals surface area contributed by atoms with Crippen molar-refractivity contribution in [2.45, 2.75) is 0 Å². The van der Waals surface area contributed by atoms with Crippen LogP contribution in [0.3, 0.4) is 0 Å². The Hall–Kier alpha value is -2.44. The normalized spacial score (nSPS) is 10.7. The van der Waals surface area contributed by atoms with Crippen molar-refractivity contribution >= 4 is 35.3 Å². The molecular formula is C15H12Cl2N2O4. The van der Waals surface area contributed by atoms with Crippen molar-refractivity contribution in [1.29, 1.82) is 0 Å². The topological polar surface area (TPSA) is 91.2 Å². The number of aromatic hydroxyl groups is 2. The minimum absolute atomic E-state index is 0.0244. The number of phenolic OH excluding ortho intramolecular Hbond substituents is 2. The van der Waals surface area contributed by atoms with E-state index >= 15 is 0 Å². The molecule has 0 unspecified atom stereocenters. The molecule has 6 nitrogen and oxygen atoms in total. The molecule has 2 rings (SSSR count). The molecule has 1 amide bonds. The molecule has 0 bridgehead atoms. The van der Waals surface area contributed by atoms with Gasteiger partial charge in [-0.2, -0.15) is 5.10 Å². The minimum Gasteiger partial charge on any atom is -0.507 e. The van der Waals surface area contributed by atoms with Crippen LogP contribution < -0.4 is 10.2 Å². The fourth-order valence-corrected chi connectivity index (χ4v) is 2.24. The van der Waals surface area contributed by atoms with E-state index in [4.69, 9.17) is 27.9 Å². The number of nitrogens with zero attached hydrogens (tertiary/aromatic N) is 1. The average molecular weight is 355 g/mol. The highest BCUT2D eigenvalue weighted by molar-refractivity contribution is 6.36. The summed E-state index contributed by atoms with van der Waals surface area (Å²) in [5.41, 5.74) is 2.49. The maximum atomic E-state index is 11.9. The Labute approximate surface area is 141 Å². The van der Waals surface area contributed by atoms with Crippen LogP contribution in [0.1, 0.15) is 15.9 Å². The molecule has 8 heteroatoms. The number of hydrogen-bond acceptors (Lipinski definition) is 5. The van der Waals surface area contributed by atoms with E-state index in [0.717, 1.165) is 0 Å². The van der Waals surface area contributed by atoms with Gasteiger partial charge in [0.05, 0.1) is 23.9 Å². The summed E-state index contributed by atoms with van der Waals surface area (Å²) in [7, 11) is 1.45. The van der Waals surface area contributed by atoms with Gasteiger partial charge >= 0.3 is 0 Å². The first kappa shape index (κ1) is 16.9. The first-order chi connectivity index (χ1) is 10.9. The Morgan fingerprint density at radius 2 is 2.00 bits per heavy atom. The van der Waals surface area contributed by atoms with Gasteiger partial charge in [0, 0.05) is 16.7 Å². The van der Waals surface area contributed by atoms with E-state index in [1.165, 1.54) is 43.7 Å². The number of hydrogen-bond donors (Lipinski definition) is 3. The zero-order chi connectivity index (χ0) is 17.0. The monoisotopic (exact) mass is 354 g/mol. The van der Waals surface area contributed by atoms with Crippen LogP contribution in [0.25, 0.3) is 0 Å². The fourth-order valence-electron chi connectivity index (χ4n) is 1.74. The minimum atomic E-state index is -0.631. The average Bonchev–Trinajstić information content (AvgIpc) is 2.51. The first-order valence-corrected chi connectivity index (χ1v) is 7.06.